The molecule has 0 unspecified atom stereocenters. The number of aliphatic hydroxyl groups is 1. The third kappa shape index (κ3) is 4.25. The maximum atomic E-state index is 13.6. The number of urea groups is 1. The Balaban J connectivity index is 1.54. The third-order valence-corrected chi connectivity index (χ3v) is 7.63. The fourth-order valence-electron chi connectivity index (χ4n) is 5.71. The lowest BCUT2D eigenvalue weighted by Crippen LogP contribution is -2.54. The van der Waals surface area contributed by atoms with E-state index >= 15 is 0 Å². The Morgan fingerprint density at radius 2 is 1.97 bits per heavy atom. The molecule has 3 N–H and O–H groups in total. The SMILES string of the molecule is COc1cccc(-c2ccc3n(c2=O)C[C@H]2[C@H](CO)[C@@H](C(=O)NCC4CC4)N(C(=O)NC(C)C)[C@@H]32)c1. The van der Waals surface area contributed by atoms with E-state index < -0.39 is 18.0 Å². The zero-order chi connectivity index (χ0) is 25.6. The van der Waals surface area contributed by atoms with Crippen molar-refractivity contribution in [3.05, 3.63) is 52.4 Å². The minimum atomic E-state index is -0.801. The molecule has 1 aromatic heterocycles. The van der Waals surface area contributed by atoms with Crippen LogP contribution in [-0.4, -0.2) is 58.9 Å². The lowest BCUT2D eigenvalue weighted by molar-refractivity contribution is -0.126. The first-order valence-corrected chi connectivity index (χ1v) is 12.7. The monoisotopic (exact) mass is 494 g/mol. The number of fused-ring (bicyclic) bond motifs is 3. The average Bonchev–Trinajstić information content (AvgIpc) is 3.53. The zero-order valence-electron chi connectivity index (χ0n) is 20.9. The van der Waals surface area contributed by atoms with E-state index in [9.17, 15) is 19.5 Å². The highest BCUT2D eigenvalue weighted by Gasteiger charge is 2.57. The maximum absolute atomic E-state index is 13.6. The Hall–Kier alpha value is -3.33. The maximum Gasteiger partial charge on any atom is 0.318 e. The van der Waals surface area contributed by atoms with Gasteiger partial charge < -0.3 is 29.9 Å². The highest BCUT2D eigenvalue weighted by Crippen LogP contribution is 2.49. The quantitative estimate of drug-likeness (QED) is 0.546. The van der Waals surface area contributed by atoms with Crippen molar-refractivity contribution in [3.63, 3.8) is 0 Å². The number of pyridine rings is 1. The molecule has 0 radical (unpaired) electrons. The second-order valence-electron chi connectivity index (χ2n) is 10.4. The predicted molar refractivity (Wildman–Crippen MR) is 135 cm³/mol. The zero-order valence-corrected chi connectivity index (χ0v) is 20.9. The van der Waals surface area contributed by atoms with Crippen LogP contribution in [0.2, 0.25) is 0 Å². The van der Waals surface area contributed by atoms with Gasteiger partial charge in [-0.2, -0.15) is 0 Å². The number of hydrogen-bond donors (Lipinski definition) is 3. The van der Waals surface area contributed by atoms with Gasteiger partial charge in [-0.15, -0.1) is 0 Å². The number of likely N-dealkylation sites (tertiary alicyclic amines) is 1. The van der Waals surface area contributed by atoms with Gasteiger partial charge in [-0.25, -0.2) is 4.79 Å². The van der Waals surface area contributed by atoms with Crippen molar-refractivity contribution >= 4 is 11.9 Å². The molecule has 0 bridgehead atoms. The van der Waals surface area contributed by atoms with Crippen LogP contribution >= 0.6 is 0 Å². The normalized spacial score (nSPS) is 24.4. The molecule has 3 aliphatic rings. The van der Waals surface area contributed by atoms with E-state index in [-0.39, 0.29) is 36.1 Å². The molecule has 1 aromatic carbocycles. The summed E-state index contributed by atoms with van der Waals surface area (Å²) in [7, 11) is 1.58. The van der Waals surface area contributed by atoms with Gasteiger partial charge in [0.25, 0.3) is 5.56 Å². The van der Waals surface area contributed by atoms with E-state index in [0.717, 1.165) is 18.4 Å². The Morgan fingerprint density at radius 1 is 1.19 bits per heavy atom. The van der Waals surface area contributed by atoms with Crippen molar-refractivity contribution in [3.8, 4) is 16.9 Å². The second kappa shape index (κ2) is 9.61. The van der Waals surface area contributed by atoms with Crippen LogP contribution < -0.4 is 20.9 Å². The fraction of sp³-hybridized carbons (Fsp3) is 0.519. The van der Waals surface area contributed by atoms with E-state index in [4.69, 9.17) is 4.74 Å². The number of aliphatic hydroxyl groups excluding tert-OH is 1. The Morgan fingerprint density at radius 3 is 2.64 bits per heavy atom. The van der Waals surface area contributed by atoms with Crippen molar-refractivity contribution in [2.75, 3.05) is 20.3 Å². The van der Waals surface area contributed by atoms with E-state index in [1.807, 2.05) is 44.2 Å². The van der Waals surface area contributed by atoms with Gasteiger partial charge in [0.2, 0.25) is 5.91 Å². The molecule has 2 aromatic rings. The van der Waals surface area contributed by atoms with Gasteiger partial charge in [0.05, 0.1) is 13.2 Å². The number of aromatic nitrogens is 1. The van der Waals surface area contributed by atoms with Gasteiger partial charge in [-0.1, -0.05) is 12.1 Å². The molecule has 1 aliphatic carbocycles. The van der Waals surface area contributed by atoms with Crippen molar-refractivity contribution in [1.82, 2.24) is 20.1 Å². The molecule has 192 valence electrons. The lowest BCUT2D eigenvalue weighted by Gasteiger charge is -2.31. The highest BCUT2D eigenvalue weighted by molar-refractivity contribution is 5.89. The summed E-state index contributed by atoms with van der Waals surface area (Å²) in [6.45, 7) is 4.40. The number of nitrogens with one attached hydrogen (secondary N) is 2. The second-order valence-corrected chi connectivity index (χ2v) is 10.4. The van der Waals surface area contributed by atoms with Gasteiger partial charge in [-0.05, 0) is 62.4 Å². The first-order valence-electron chi connectivity index (χ1n) is 12.7. The van der Waals surface area contributed by atoms with E-state index in [2.05, 4.69) is 10.6 Å². The van der Waals surface area contributed by atoms with Crippen LogP contribution in [0.15, 0.2) is 41.2 Å². The van der Waals surface area contributed by atoms with Gasteiger partial charge in [0.1, 0.15) is 11.8 Å². The average molecular weight is 495 g/mol. The van der Waals surface area contributed by atoms with Crippen LogP contribution in [-0.2, 0) is 11.3 Å². The van der Waals surface area contributed by atoms with Crippen LogP contribution in [0.4, 0.5) is 4.79 Å². The fourth-order valence-corrected chi connectivity index (χ4v) is 5.71. The molecule has 3 heterocycles. The lowest BCUT2D eigenvalue weighted by atomic mass is 9.88. The summed E-state index contributed by atoms with van der Waals surface area (Å²) >= 11 is 0. The molecular weight excluding hydrogens is 460 g/mol. The Kier molecular flexibility index (Phi) is 6.51. The molecule has 3 amide bonds. The topological polar surface area (TPSA) is 113 Å². The number of nitrogens with zero attached hydrogens (tertiary/aromatic N) is 2. The summed E-state index contributed by atoms with van der Waals surface area (Å²) in [6, 6.07) is 9.22. The minimum Gasteiger partial charge on any atom is -0.497 e. The van der Waals surface area contributed by atoms with Gasteiger partial charge in [-0.3, -0.25) is 9.59 Å². The summed E-state index contributed by atoms with van der Waals surface area (Å²) < 4.78 is 7.01. The summed E-state index contributed by atoms with van der Waals surface area (Å²) in [5, 5.41) is 16.3. The number of benzene rings is 1. The number of rotatable bonds is 7. The van der Waals surface area contributed by atoms with Crippen LogP contribution in [0.3, 0.4) is 0 Å². The first-order chi connectivity index (χ1) is 17.3. The first kappa shape index (κ1) is 24.4. The standard InChI is InChI=1S/C27H34N4O5/c1-15(2)29-27(35)31-23-20(21(14-32)24(31)25(33)28-12-16-7-8-16)13-30-22(23)10-9-19(26(30)34)17-5-4-6-18(11-17)36-3/h4-6,9-11,15-16,20-21,23-24,32H,7-8,12-14H2,1-3H3,(H,28,33)(H,29,35)/t20-,21-,23+,24-/m0/s1. The number of ether oxygens (including phenoxy) is 1. The summed E-state index contributed by atoms with van der Waals surface area (Å²) in [4.78, 5) is 41.9. The molecule has 1 saturated heterocycles. The van der Waals surface area contributed by atoms with Crippen LogP contribution in [0, 0.1) is 17.8 Å². The molecule has 9 nitrogen and oxygen atoms in total. The predicted octanol–water partition coefficient (Wildman–Crippen LogP) is 2.13. The number of amides is 3. The summed E-state index contributed by atoms with van der Waals surface area (Å²) in [6.07, 6.45) is 2.20. The van der Waals surface area contributed by atoms with E-state index in [0.29, 0.717) is 36.0 Å². The largest absolute Gasteiger partial charge is 0.497 e. The van der Waals surface area contributed by atoms with Crippen molar-refractivity contribution in [1.29, 1.82) is 0 Å². The molecule has 2 fully saturated rings. The highest BCUT2D eigenvalue weighted by atomic mass is 16.5. The molecule has 2 aliphatic heterocycles. The molecule has 9 heteroatoms. The molecule has 36 heavy (non-hydrogen) atoms. The van der Waals surface area contributed by atoms with Crippen molar-refractivity contribution in [2.45, 2.75) is 51.4 Å². The molecule has 4 atom stereocenters. The number of carbonyl (C=O) groups is 2. The molecule has 5 rings (SSSR count). The van der Waals surface area contributed by atoms with Gasteiger partial charge in [0.15, 0.2) is 0 Å². The summed E-state index contributed by atoms with van der Waals surface area (Å²) in [5.41, 5.74) is 1.81. The van der Waals surface area contributed by atoms with Crippen LogP contribution in [0.25, 0.3) is 11.1 Å². The van der Waals surface area contributed by atoms with Crippen molar-refractivity contribution < 1.29 is 19.4 Å². The molecule has 1 saturated carbocycles. The number of hydrogen-bond acceptors (Lipinski definition) is 5. The number of methoxy groups -OCH3 is 1. The van der Waals surface area contributed by atoms with E-state index in [1.165, 1.54) is 0 Å². The molecular formula is C27H34N4O5. The van der Waals surface area contributed by atoms with Crippen molar-refractivity contribution in [2.24, 2.45) is 17.8 Å². The van der Waals surface area contributed by atoms with Gasteiger partial charge >= 0.3 is 6.03 Å². The molecule has 0 spiro atoms. The summed E-state index contributed by atoms with van der Waals surface area (Å²) in [5.74, 6) is 0.182. The van der Waals surface area contributed by atoms with Crippen LogP contribution in [0.1, 0.15) is 38.4 Å². The third-order valence-electron chi connectivity index (χ3n) is 7.63. The van der Waals surface area contributed by atoms with Crippen LogP contribution in [0.5, 0.6) is 5.75 Å². The minimum absolute atomic E-state index is 0.127. The Labute approximate surface area is 210 Å². The smallest absolute Gasteiger partial charge is 0.318 e. The van der Waals surface area contributed by atoms with Gasteiger partial charge in [0, 0.05) is 48.8 Å². The Bertz CT molecular complexity index is 1220. The number of carbonyl (C=O) groups excluding carboxylic acids is 2. The van der Waals surface area contributed by atoms with E-state index in [1.54, 1.807) is 22.6 Å².